The average Bonchev–Trinajstić information content (AvgIpc) is 2.98. The highest BCUT2D eigenvalue weighted by atomic mass is 79.9. The van der Waals surface area contributed by atoms with Crippen molar-refractivity contribution in [1.82, 2.24) is 0 Å². The van der Waals surface area contributed by atoms with E-state index in [1.807, 2.05) is 0 Å². The molecule has 0 saturated heterocycles. The van der Waals surface area contributed by atoms with Crippen molar-refractivity contribution in [3.05, 3.63) is 108 Å². The summed E-state index contributed by atoms with van der Waals surface area (Å²) in [5.74, 6) is 0. The van der Waals surface area contributed by atoms with E-state index in [1.165, 1.54) is 144 Å². The number of unbranched alkanes of at least 4 members (excludes halogenated alkanes) is 15. The largest absolute Gasteiger partial charge is 1.00 e. The first-order valence-corrected chi connectivity index (χ1v) is 19.3. The van der Waals surface area contributed by atoms with Crippen LogP contribution in [0, 0.1) is 0 Å². The molecule has 226 valence electrons. The topological polar surface area (TPSA) is 0 Å². The fourth-order valence-electron chi connectivity index (χ4n) is 6.31. The van der Waals surface area contributed by atoms with E-state index in [4.69, 9.17) is 0 Å². The number of hydrogen-bond donors (Lipinski definition) is 0. The molecule has 0 bridgehead atoms. The van der Waals surface area contributed by atoms with Crippen LogP contribution >= 0.6 is 7.26 Å². The third-order valence-corrected chi connectivity index (χ3v) is 12.9. The highest BCUT2D eigenvalue weighted by molar-refractivity contribution is 7.73. The van der Waals surface area contributed by atoms with Gasteiger partial charge in [0.15, 0.2) is 0 Å². The Morgan fingerprint density at radius 3 is 0.927 bits per heavy atom. The van der Waals surface area contributed by atoms with Crippen molar-refractivity contribution in [2.45, 2.75) is 128 Å². The first-order valence-electron chi connectivity index (χ1n) is 16.8. The Kier molecular flexibility index (Phi) is 20.1. The predicted octanol–water partition coefficient (Wildman–Crippen LogP) is 9.87. The Morgan fingerprint density at radius 2 is 0.634 bits per heavy atom. The molecule has 41 heavy (non-hydrogen) atoms. The van der Waals surface area contributed by atoms with E-state index in [0.717, 1.165) is 0 Å². The summed E-state index contributed by atoms with van der Waals surface area (Å²) in [6.45, 7) is 2.30. The number of halogens is 1. The molecule has 0 atom stereocenters. The summed E-state index contributed by atoms with van der Waals surface area (Å²) in [6, 6.07) is 34.0. The van der Waals surface area contributed by atoms with Crippen LogP contribution < -0.4 is 17.0 Å². The molecule has 0 fully saturated rings. The summed E-state index contributed by atoms with van der Waals surface area (Å²) in [6.07, 6.45) is 28.2. The second kappa shape index (κ2) is 23.1. The normalized spacial score (nSPS) is 11.3. The van der Waals surface area contributed by atoms with Gasteiger partial charge in [-0.3, -0.25) is 0 Å². The molecule has 0 amide bonds. The fraction of sp³-hybridized carbons (Fsp3) is 0.538. The molecule has 0 heterocycles. The molecule has 0 saturated carbocycles. The van der Waals surface area contributed by atoms with E-state index < -0.39 is 7.26 Å². The van der Waals surface area contributed by atoms with Gasteiger partial charge >= 0.3 is 0 Å². The predicted molar refractivity (Wildman–Crippen MR) is 182 cm³/mol. The van der Waals surface area contributed by atoms with Crippen molar-refractivity contribution in [3.8, 4) is 0 Å². The highest BCUT2D eigenvalue weighted by Gasteiger charge is 2.37. The number of hydrogen-bond acceptors (Lipinski definition) is 0. The van der Waals surface area contributed by atoms with Crippen molar-refractivity contribution < 1.29 is 17.0 Å². The Morgan fingerprint density at radius 1 is 0.366 bits per heavy atom. The zero-order valence-corrected chi connectivity index (χ0v) is 28.6. The minimum Gasteiger partial charge on any atom is -1.00 e. The second-order valence-corrected chi connectivity index (χ2v) is 16.4. The molecule has 3 aromatic carbocycles. The molecule has 0 aromatic heterocycles. The average molecular weight is 638 g/mol. The van der Waals surface area contributed by atoms with Crippen LogP contribution in [0.5, 0.6) is 0 Å². The lowest BCUT2D eigenvalue weighted by atomic mass is 10.0. The lowest BCUT2D eigenvalue weighted by Crippen LogP contribution is -3.00. The smallest absolute Gasteiger partial charge is 0.0849 e. The van der Waals surface area contributed by atoms with E-state index >= 15 is 0 Å². The van der Waals surface area contributed by atoms with E-state index in [0.29, 0.717) is 0 Å². The van der Waals surface area contributed by atoms with Crippen LogP contribution in [0.15, 0.2) is 91.0 Å². The third-order valence-electron chi connectivity index (χ3n) is 8.57. The monoisotopic (exact) mass is 636 g/mol. The quantitative estimate of drug-likeness (QED) is 0.0717. The summed E-state index contributed by atoms with van der Waals surface area (Å²) >= 11 is 0. The van der Waals surface area contributed by atoms with Gasteiger partial charge in [-0.2, -0.15) is 0 Å². The molecule has 0 aliphatic heterocycles. The first kappa shape index (κ1) is 35.8. The van der Waals surface area contributed by atoms with Gasteiger partial charge in [0.2, 0.25) is 0 Å². The molecule has 0 radical (unpaired) electrons. The van der Waals surface area contributed by atoms with Crippen LogP contribution in [0.25, 0.3) is 0 Å². The Hall–Kier alpha value is -1.43. The number of rotatable bonds is 23. The zero-order valence-electron chi connectivity index (χ0n) is 26.1. The second-order valence-electron chi connectivity index (χ2n) is 12.3. The van der Waals surface area contributed by atoms with Gasteiger partial charge < -0.3 is 17.0 Å². The van der Waals surface area contributed by atoms with Crippen LogP contribution in [-0.4, -0.2) is 6.16 Å². The molecule has 0 spiro atoms. The molecule has 0 N–H and O–H groups in total. The lowest BCUT2D eigenvalue weighted by Gasteiger charge is -2.29. The van der Waals surface area contributed by atoms with Gasteiger partial charge in [-0.15, -0.1) is 0 Å². The van der Waals surface area contributed by atoms with E-state index in [9.17, 15) is 0 Å². The molecule has 0 unspecified atom stereocenters. The van der Waals surface area contributed by atoms with Gasteiger partial charge in [-0.05, 0) is 29.5 Å². The molecule has 3 rings (SSSR count). The highest BCUT2D eigenvalue weighted by Crippen LogP contribution is 2.67. The molecule has 0 aliphatic rings. The summed E-state index contributed by atoms with van der Waals surface area (Å²) < 4.78 is 0. The van der Waals surface area contributed by atoms with E-state index in [2.05, 4.69) is 97.9 Å². The SMILES string of the molecule is CCCCCCCCCCCCCCCCCC[P+](Cc1ccccc1)(Cc1ccccc1)Cc1ccccc1.[Br-]. The van der Waals surface area contributed by atoms with Crippen molar-refractivity contribution >= 4 is 7.26 Å². The van der Waals surface area contributed by atoms with Crippen molar-refractivity contribution in [2.24, 2.45) is 0 Å². The van der Waals surface area contributed by atoms with Gasteiger partial charge in [0.1, 0.15) is 0 Å². The minimum atomic E-state index is -1.25. The van der Waals surface area contributed by atoms with E-state index in [1.54, 1.807) is 0 Å². The van der Waals surface area contributed by atoms with Gasteiger partial charge in [0.05, 0.1) is 24.6 Å². The van der Waals surface area contributed by atoms with Gasteiger partial charge in [0.25, 0.3) is 0 Å². The minimum absolute atomic E-state index is 0. The van der Waals surface area contributed by atoms with Crippen LogP contribution in [0.3, 0.4) is 0 Å². The first-order chi connectivity index (χ1) is 19.8. The summed E-state index contributed by atoms with van der Waals surface area (Å²) in [4.78, 5) is 0. The number of benzene rings is 3. The third kappa shape index (κ3) is 16.1. The lowest BCUT2D eigenvalue weighted by molar-refractivity contribution is -0.00000859. The van der Waals surface area contributed by atoms with Crippen molar-refractivity contribution in [1.29, 1.82) is 0 Å². The van der Waals surface area contributed by atoms with Crippen LogP contribution in [0.4, 0.5) is 0 Å². The van der Waals surface area contributed by atoms with Crippen LogP contribution in [0.1, 0.15) is 126 Å². The van der Waals surface area contributed by atoms with Gasteiger partial charge in [0, 0.05) is 7.26 Å². The maximum Gasteiger partial charge on any atom is 0.0849 e. The standard InChI is InChI=1S/C39H58P.BrH/c1-2-3-4-5-6-7-8-9-10-11-12-13-14-15-16-26-33-40(34-37-27-20-17-21-28-37,35-38-29-22-18-23-30-38)36-39-31-24-19-25-32-39;/h17-25,27-32H,2-16,26,33-36H2,1H3;1H/q+1;/p-1. The molecular formula is C39H58BrP. The van der Waals surface area contributed by atoms with Crippen molar-refractivity contribution in [3.63, 3.8) is 0 Å². The molecule has 3 aromatic rings. The molecule has 0 aliphatic carbocycles. The zero-order chi connectivity index (χ0) is 28.0. The van der Waals surface area contributed by atoms with Crippen LogP contribution in [0.2, 0.25) is 0 Å². The molecule has 2 heteroatoms. The van der Waals surface area contributed by atoms with E-state index in [-0.39, 0.29) is 17.0 Å². The molecular weight excluding hydrogens is 579 g/mol. The maximum atomic E-state index is 2.36. The van der Waals surface area contributed by atoms with Crippen LogP contribution in [-0.2, 0) is 18.5 Å². The Bertz CT molecular complexity index is 871. The van der Waals surface area contributed by atoms with Gasteiger partial charge in [-0.25, -0.2) is 0 Å². The summed E-state index contributed by atoms with van der Waals surface area (Å²) in [7, 11) is -1.25. The summed E-state index contributed by atoms with van der Waals surface area (Å²) in [5.41, 5.74) is 4.58. The maximum absolute atomic E-state index is 2.36. The fourth-order valence-corrected chi connectivity index (χ4v) is 11.0. The van der Waals surface area contributed by atoms with Crippen molar-refractivity contribution in [2.75, 3.05) is 6.16 Å². The Balaban J connectivity index is 0.00000588. The molecule has 0 nitrogen and oxygen atoms in total. The van der Waals surface area contributed by atoms with Gasteiger partial charge in [-0.1, -0.05) is 188 Å². The Labute approximate surface area is 265 Å². The summed E-state index contributed by atoms with van der Waals surface area (Å²) in [5, 5.41) is 0.